The maximum atomic E-state index is 5.96. The number of piperidine rings is 2. The van der Waals surface area contributed by atoms with E-state index in [1.807, 2.05) is 0 Å². The van der Waals surface area contributed by atoms with Gasteiger partial charge in [-0.1, -0.05) is 55.0 Å². The molecule has 2 aromatic rings. The molecular formula is C28H38N2O. The maximum Gasteiger partial charge on any atom is 0.119 e. The maximum absolute atomic E-state index is 5.96. The van der Waals surface area contributed by atoms with Gasteiger partial charge in [-0.15, -0.1) is 0 Å². The molecule has 0 spiro atoms. The van der Waals surface area contributed by atoms with Crippen molar-refractivity contribution in [3.8, 4) is 16.9 Å². The monoisotopic (exact) mass is 418 g/mol. The van der Waals surface area contributed by atoms with Crippen molar-refractivity contribution in [2.24, 2.45) is 5.92 Å². The summed E-state index contributed by atoms with van der Waals surface area (Å²) in [7, 11) is 0. The number of hydrogen-bond acceptors (Lipinski definition) is 3. The van der Waals surface area contributed by atoms with E-state index in [1.54, 1.807) is 0 Å². The van der Waals surface area contributed by atoms with Crippen LogP contribution >= 0.6 is 0 Å². The van der Waals surface area contributed by atoms with Crippen molar-refractivity contribution in [3.05, 3.63) is 60.2 Å². The molecule has 0 aliphatic carbocycles. The Labute approximate surface area is 188 Å². The first-order valence-corrected chi connectivity index (χ1v) is 12.3. The van der Waals surface area contributed by atoms with Crippen molar-refractivity contribution in [2.45, 2.75) is 44.9 Å². The van der Waals surface area contributed by atoms with Gasteiger partial charge in [-0.25, -0.2) is 0 Å². The molecule has 2 heterocycles. The van der Waals surface area contributed by atoms with Crippen molar-refractivity contribution in [1.82, 2.24) is 10.2 Å². The second-order valence-corrected chi connectivity index (χ2v) is 9.10. The lowest BCUT2D eigenvalue weighted by Crippen LogP contribution is -2.31. The summed E-state index contributed by atoms with van der Waals surface area (Å²) in [6, 6.07) is 17.4. The summed E-state index contributed by atoms with van der Waals surface area (Å²) >= 11 is 0. The lowest BCUT2D eigenvalue weighted by atomic mass is 9.95. The van der Waals surface area contributed by atoms with Crippen LogP contribution in [0.5, 0.6) is 5.75 Å². The molecule has 2 fully saturated rings. The summed E-state index contributed by atoms with van der Waals surface area (Å²) in [6.07, 6.45) is 13.7. The fourth-order valence-electron chi connectivity index (χ4n) is 4.71. The van der Waals surface area contributed by atoms with E-state index in [2.05, 4.69) is 70.9 Å². The second-order valence-electron chi connectivity index (χ2n) is 9.10. The Balaban J connectivity index is 1.21. The van der Waals surface area contributed by atoms with Gasteiger partial charge in [0.15, 0.2) is 0 Å². The van der Waals surface area contributed by atoms with Gasteiger partial charge < -0.3 is 15.0 Å². The Bertz CT molecular complexity index is 785. The van der Waals surface area contributed by atoms with Gasteiger partial charge in [0, 0.05) is 6.54 Å². The number of likely N-dealkylation sites (tertiary alicyclic amines) is 1. The lowest BCUT2D eigenvalue weighted by molar-refractivity contribution is 0.205. The Morgan fingerprint density at radius 3 is 2.35 bits per heavy atom. The summed E-state index contributed by atoms with van der Waals surface area (Å²) in [5.41, 5.74) is 3.77. The number of nitrogens with zero attached hydrogens (tertiary/aromatic N) is 1. The molecule has 1 N–H and O–H groups in total. The molecule has 3 nitrogen and oxygen atoms in total. The van der Waals surface area contributed by atoms with E-state index in [-0.39, 0.29) is 0 Å². The average Bonchev–Trinajstić information content (AvgIpc) is 2.84. The van der Waals surface area contributed by atoms with E-state index in [9.17, 15) is 0 Å². The van der Waals surface area contributed by atoms with Gasteiger partial charge in [0.25, 0.3) is 0 Å². The van der Waals surface area contributed by atoms with Gasteiger partial charge in [-0.05, 0) is 99.4 Å². The van der Waals surface area contributed by atoms with E-state index in [0.29, 0.717) is 0 Å². The molecular weight excluding hydrogens is 380 g/mol. The highest BCUT2D eigenvalue weighted by atomic mass is 16.5. The van der Waals surface area contributed by atoms with Crippen LogP contribution < -0.4 is 10.1 Å². The van der Waals surface area contributed by atoms with Gasteiger partial charge in [0.1, 0.15) is 5.75 Å². The zero-order valence-electron chi connectivity index (χ0n) is 18.9. The molecule has 2 saturated heterocycles. The van der Waals surface area contributed by atoms with E-state index in [1.165, 1.54) is 81.4 Å². The predicted octanol–water partition coefficient (Wildman–Crippen LogP) is 6.01. The molecule has 31 heavy (non-hydrogen) atoms. The highest BCUT2D eigenvalue weighted by Gasteiger charge is 2.11. The topological polar surface area (TPSA) is 24.5 Å². The zero-order valence-corrected chi connectivity index (χ0v) is 18.9. The van der Waals surface area contributed by atoms with Gasteiger partial charge in [-0.2, -0.15) is 0 Å². The van der Waals surface area contributed by atoms with Crippen molar-refractivity contribution in [1.29, 1.82) is 0 Å². The largest absolute Gasteiger partial charge is 0.494 e. The van der Waals surface area contributed by atoms with Crippen LogP contribution in [-0.4, -0.2) is 44.2 Å². The summed E-state index contributed by atoms with van der Waals surface area (Å²) in [6.45, 7) is 6.85. The zero-order chi connectivity index (χ0) is 21.1. The Kier molecular flexibility index (Phi) is 8.61. The Morgan fingerprint density at radius 2 is 1.65 bits per heavy atom. The van der Waals surface area contributed by atoms with Gasteiger partial charge in [0.05, 0.1) is 6.61 Å². The highest BCUT2D eigenvalue weighted by Crippen LogP contribution is 2.24. The normalized spacial score (nSPS) is 20.2. The first-order chi connectivity index (χ1) is 15.4. The number of nitrogens with one attached hydrogen (secondary N) is 1. The minimum atomic E-state index is 0.799. The van der Waals surface area contributed by atoms with Gasteiger partial charge >= 0.3 is 0 Å². The molecule has 3 heteroatoms. The fraction of sp³-hybridized carbons (Fsp3) is 0.500. The lowest BCUT2D eigenvalue weighted by Gasteiger charge is -2.26. The van der Waals surface area contributed by atoms with Crippen LogP contribution in [0, 0.1) is 5.92 Å². The molecule has 2 aliphatic rings. The first kappa shape index (κ1) is 22.1. The van der Waals surface area contributed by atoms with Gasteiger partial charge in [0.2, 0.25) is 0 Å². The van der Waals surface area contributed by atoms with E-state index in [4.69, 9.17) is 4.74 Å². The van der Waals surface area contributed by atoms with Crippen LogP contribution in [-0.2, 0) is 0 Å². The molecule has 2 aromatic carbocycles. The van der Waals surface area contributed by atoms with E-state index < -0.39 is 0 Å². The smallest absolute Gasteiger partial charge is 0.119 e. The standard InChI is InChI=1S/C28H38N2O/c1-2-19-30(20-3-1)21-6-22-31-28-16-14-27(15-17-28)26-12-10-24(11-13-26)7-4-8-25-9-5-18-29-23-25/h4,7,10-17,25,29H,1-3,5-6,8-9,18-23H2/b7-4+. The minimum Gasteiger partial charge on any atom is -0.494 e. The van der Waals surface area contributed by atoms with Crippen molar-refractivity contribution in [3.63, 3.8) is 0 Å². The van der Waals surface area contributed by atoms with Crippen molar-refractivity contribution < 1.29 is 4.74 Å². The van der Waals surface area contributed by atoms with Crippen LogP contribution in [0.1, 0.15) is 50.5 Å². The molecule has 0 amide bonds. The predicted molar refractivity (Wildman–Crippen MR) is 132 cm³/mol. The molecule has 0 aromatic heterocycles. The van der Waals surface area contributed by atoms with Crippen LogP contribution in [0.15, 0.2) is 54.6 Å². The number of allylic oxidation sites excluding steroid dienone is 1. The summed E-state index contributed by atoms with van der Waals surface area (Å²) in [5.74, 6) is 1.77. The third-order valence-corrected chi connectivity index (χ3v) is 6.61. The second kappa shape index (κ2) is 12.1. The average molecular weight is 419 g/mol. The molecule has 0 radical (unpaired) electrons. The minimum absolute atomic E-state index is 0.799. The van der Waals surface area contributed by atoms with Crippen LogP contribution in [0.2, 0.25) is 0 Å². The third-order valence-electron chi connectivity index (χ3n) is 6.61. The molecule has 4 rings (SSSR count). The first-order valence-electron chi connectivity index (χ1n) is 12.3. The summed E-state index contributed by atoms with van der Waals surface area (Å²) in [4.78, 5) is 2.57. The van der Waals surface area contributed by atoms with Crippen LogP contribution in [0.3, 0.4) is 0 Å². The van der Waals surface area contributed by atoms with E-state index >= 15 is 0 Å². The quantitative estimate of drug-likeness (QED) is 0.505. The van der Waals surface area contributed by atoms with Crippen molar-refractivity contribution >= 4 is 6.08 Å². The summed E-state index contributed by atoms with van der Waals surface area (Å²) < 4.78 is 5.96. The third kappa shape index (κ3) is 7.22. The van der Waals surface area contributed by atoms with E-state index in [0.717, 1.165) is 31.2 Å². The van der Waals surface area contributed by atoms with Crippen molar-refractivity contribution in [2.75, 3.05) is 39.3 Å². The van der Waals surface area contributed by atoms with Gasteiger partial charge in [-0.3, -0.25) is 0 Å². The van der Waals surface area contributed by atoms with Crippen LogP contribution in [0.4, 0.5) is 0 Å². The molecule has 1 unspecified atom stereocenters. The summed E-state index contributed by atoms with van der Waals surface area (Å²) in [5, 5.41) is 3.50. The number of benzene rings is 2. The Morgan fingerprint density at radius 1 is 0.903 bits per heavy atom. The van der Waals surface area contributed by atoms with Crippen LogP contribution in [0.25, 0.3) is 17.2 Å². The number of hydrogen-bond donors (Lipinski definition) is 1. The molecule has 166 valence electrons. The Hall–Kier alpha value is -2.10. The molecule has 1 atom stereocenters. The molecule has 2 aliphatic heterocycles. The number of ether oxygens (including phenoxy) is 1. The fourth-order valence-corrected chi connectivity index (χ4v) is 4.71. The molecule has 0 saturated carbocycles. The SMILES string of the molecule is C(=C\c1ccc(-c2ccc(OCCCN3CCCCC3)cc2)cc1)/CC1CCCNC1. The molecule has 0 bridgehead atoms. The number of rotatable bonds is 9. The highest BCUT2D eigenvalue weighted by molar-refractivity contribution is 5.66.